The molecule has 0 spiro atoms. The number of nitrogens with two attached hydrogens (primary N) is 1. The number of carbonyl (C=O) groups excluding carboxylic acids is 4. The second-order valence-electron chi connectivity index (χ2n) is 10.3. The summed E-state index contributed by atoms with van der Waals surface area (Å²) in [5, 5.41) is 16.2. The van der Waals surface area contributed by atoms with Crippen molar-refractivity contribution in [2.24, 2.45) is 5.73 Å². The van der Waals surface area contributed by atoms with E-state index in [1.54, 1.807) is 59.7 Å². The van der Waals surface area contributed by atoms with Gasteiger partial charge in [-0.1, -0.05) is 31.5 Å². The lowest BCUT2D eigenvalue weighted by Gasteiger charge is -2.37. The highest BCUT2D eigenvalue weighted by Crippen LogP contribution is 2.33. The van der Waals surface area contributed by atoms with Crippen LogP contribution < -0.4 is 16.4 Å². The van der Waals surface area contributed by atoms with E-state index in [1.165, 1.54) is 4.90 Å². The largest absolute Gasteiger partial charge is 0.507 e. The van der Waals surface area contributed by atoms with E-state index in [0.29, 0.717) is 5.56 Å². The fraction of sp³-hybridized carbons (Fsp3) is 0.615. The summed E-state index contributed by atoms with van der Waals surface area (Å²) in [5.74, 6) is -2.14. The SMILES string of the molecule is CCCC(C)NC(=O)C(c1cccc(C)c1O)N(C(=O)C(CC(N)=O)NC(=O)OC(C)(C)C)C(C)C. The number of primary amides is 1. The number of carbonyl (C=O) groups is 4. The van der Waals surface area contributed by atoms with Crippen LogP contribution in [0.5, 0.6) is 5.75 Å². The summed E-state index contributed by atoms with van der Waals surface area (Å²) in [7, 11) is 0. The molecule has 1 aromatic carbocycles. The second kappa shape index (κ2) is 13.1. The molecular formula is C26H42N4O6. The molecule has 36 heavy (non-hydrogen) atoms. The Labute approximate surface area is 213 Å². The molecule has 4 amide bonds. The zero-order chi connectivity index (χ0) is 27.8. The molecule has 0 bridgehead atoms. The first kappa shape index (κ1) is 30.7. The van der Waals surface area contributed by atoms with E-state index in [2.05, 4.69) is 10.6 Å². The van der Waals surface area contributed by atoms with Gasteiger partial charge in [-0.2, -0.15) is 0 Å². The number of para-hydroxylation sites is 1. The van der Waals surface area contributed by atoms with Crippen LogP contribution in [0.4, 0.5) is 4.79 Å². The first-order valence-electron chi connectivity index (χ1n) is 12.3. The van der Waals surface area contributed by atoms with E-state index in [-0.39, 0.29) is 17.4 Å². The number of rotatable bonds is 11. The Kier molecular flexibility index (Phi) is 11.2. The van der Waals surface area contributed by atoms with Crippen molar-refractivity contribution >= 4 is 23.8 Å². The third kappa shape index (κ3) is 9.05. The summed E-state index contributed by atoms with van der Waals surface area (Å²) in [4.78, 5) is 52.9. The average molecular weight is 507 g/mol. The topological polar surface area (TPSA) is 151 Å². The molecule has 0 fully saturated rings. The smallest absolute Gasteiger partial charge is 0.408 e. The molecule has 0 aromatic heterocycles. The molecule has 10 nitrogen and oxygen atoms in total. The van der Waals surface area contributed by atoms with E-state index < -0.39 is 54.0 Å². The highest BCUT2D eigenvalue weighted by molar-refractivity contribution is 5.95. The number of nitrogens with zero attached hydrogens (tertiary/aromatic N) is 1. The highest BCUT2D eigenvalue weighted by Gasteiger charge is 2.39. The summed E-state index contributed by atoms with van der Waals surface area (Å²) < 4.78 is 5.25. The Morgan fingerprint density at radius 1 is 1.11 bits per heavy atom. The maximum Gasteiger partial charge on any atom is 0.408 e. The first-order chi connectivity index (χ1) is 16.6. The van der Waals surface area contributed by atoms with Gasteiger partial charge in [-0.05, 0) is 60.5 Å². The summed E-state index contributed by atoms with van der Waals surface area (Å²) in [5.41, 5.74) is 5.30. The predicted molar refractivity (Wildman–Crippen MR) is 137 cm³/mol. The molecule has 1 aromatic rings. The molecule has 10 heteroatoms. The van der Waals surface area contributed by atoms with Crippen molar-refractivity contribution in [1.29, 1.82) is 0 Å². The van der Waals surface area contributed by atoms with Gasteiger partial charge in [-0.15, -0.1) is 0 Å². The fourth-order valence-electron chi connectivity index (χ4n) is 3.86. The van der Waals surface area contributed by atoms with E-state index in [0.717, 1.165) is 12.8 Å². The third-order valence-corrected chi connectivity index (χ3v) is 5.41. The van der Waals surface area contributed by atoms with Crippen molar-refractivity contribution in [3.05, 3.63) is 29.3 Å². The minimum Gasteiger partial charge on any atom is -0.507 e. The Hall–Kier alpha value is -3.30. The van der Waals surface area contributed by atoms with Crippen LogP contribution in [-0.4, -0.2) is 57.5 Å². The number of aryl methyl sites for hydroxylation is 1. The van der Waals surface area contributed by atoms with Crippen molar-refractivity contribution in [3.63, 3.8) is 0 Å². The molecule has 3 atom stereocenters. The molecule has 3 unspecified atom stereocenters. The predicted octanol–water partition coefficient (Wildman–Crippen LogP) is 3.05. The van der Waals surface area contributed by atoms with Crippen LogP contribution in [0.3, 0.4) is 0 Å². The lowest BCUT2D eigenvalue weighted by Crippen LogP contribution is -2.56. The lowest BCUT2D eigenvalue weighted by molar-refractivity contribution is -0.145. The highest BCUT2D eigenvalue weighted by atomic mass is 16.6. The third-order valence-electron chi connectivity index (χ3n) is 5.41. The van der Waals surface area contributed by atoms with Gasteiger partial charge in [0.25, 0.3) is 0 Å². The number of alkyl carbamates (subject to hydrolysis) is 1. The van der Waals surface area contributed by atoms with Crippen LogP contribution in [0.25, 0.3) is 0 Å². The quantitative estimate of drug-likeness (QED) is 0.362. The van der Waals surface area contributed by atoms with Gasteiger partial charge in [0.15, 0.2) is 0 Å². The van der Waals surface area contributed by atoms with Gasteiger partial charge in [0, 0.05) is 17.6 Å². The van der Waals surface area contributed by atoms with Crippen LogP contribution in [0.1, 0.15) is 84.9 Å². The van der Waals surface area contributed by atoms with Crippen LogP contribution in [-0.2, 0) is 19.1 Å². The Morgan fingerprint density at radius 2 is 1.72 bits per heavy atom. The van der Waals surface area contributed by atoms with Gasteiger partial charge in [0.05, 0.1) is 6.42 Å². The van der Waals surface area contributed by atoms with Gasteiger partial charge in [-0.3, -0.25) is 14.4 Å². The number of benzene rings is 1. The van der Waals surface area contributed by atoms with E-state index in [4.69, 9.17) is 10.5 Å². The maximum absolute atomic E-state index is 13.8. The van der Waals surface area contributed by atoms with Crippen LogP contribution >= 0.6 is 0 Å². The zero-order valence-electron chi connectivity index (χ0n) is 22.7. The van der Waals surface area contributed by atoms with Crippen LogP contribution in [0, 0.1) is 6.92 Å². The van der Waals surface area contributed by atoms with E-state index >= 15 is 0 Å². The Balaban J connectivity index is 3.56. The fourth-order valence-corrected chi connectivity index (χ4v) is 3.86. The summed E-state index contributed by atoms with van der Waals surface area (Å²) >= 11 is 0. The molecule has 0 saturated heterocycles. The average Bonchev–Trinajstić information content (AvgIpc) is 2.71. The van der Waals surface area contributed by atoms with E-state index in [9.17, 15) is 24.3 Å². The van der Waals surface area contributed by atoms with Gasteiger partial charge in [0.2, 0.25) is 17.7 Å². The first-order valence-corrected chi connectivity index (χ1v) is 12.3. The van der Waals surface area contributed by atoms with E-state index in [1.807, 2.05) is 13.8 Å². The number of hydrogen-bond acceptors (Lipinski definition) is 6. The van der Waals surface area contributed by atoms with Crippen molar-refractivity contribution in [1.82, 2.24) is 15.5 Å². The molecule has 0 aliphatic carbocycles. The molecule has 0 saturated carbocycles. The molecule has 202 valence electrons. The van der Waals surface area contributed by atoms with Crippen molar-refractivity contribution in [2.75, 3.05) is 0 Å². The number of amides is 4. The zero-order valence-corrected chi connectivity index (χ0v) is 22.7. The van der Waals surface area contributed by atoms with Gasteiger partial charge in [-0.25, -0.2) is 4.79 Å². The number of nitrogens with one attached hydrogen (secondary N) is 2. The summed E-state index contributed by atoms with van der Waals surface area (Å²) in [6.07, 6.45) is 0.164. The van der Waals surface area contributed by atoms with Crippen molar-refractivity contribution in [2.45, 2.75) is 104 Å². The van der Waals surface area contributed by atoms with Crippen LogP contribution in [0.2, 0.25) is 0 Å². The summed E-state index contributed by atoms with van der Waals surface area (Å²) in [6.45, 7) is 13.9. The molecule has 0 aliphatic rings. The minimum atomic E-state index is -1.38. The number of ether oxygens (including phenoxy) is 1. The lowest BCUT2D eigenvalue weighted by atomic mass is 9.97. The molecule has 0 radical (unpaired) electrons. The molecule has 0 heterocycles. The second-order valence-corrected chi connectivity index (χ2v) is 10.3. The summed E-state index contributed by atoms with van der Waals surface area (Å²) in [6, 6.07) is 1.61. The van der Waals surface area contributed by atoms with Crippen molar-refractivity contribution < 1.29 is 29.0 Å². The number of aromatic hydroxyl groups is 1. The normalized spacial score (nSPS) is 13.9. The van der Waals surface area contributed by atoms with Gasteiger partial charge >= 0.3 is 6.09 Å². The Bertz CT molecular complexity index is 941. The van der Waals surface area contributed by atoms with Crippen molar-refractivity contribution in [3.8, 4) is 5.75 Å². The molecule has 0 aliphatic heterocycles. The molecular weight excluding hydrogens is 464 g/mol. The molecule has 5 N–H and O–H groups in total. The van der Waals surface area contributed by atoms with Gasteiger partial charge in [0.1, 0.15) is 23.4 Å². The van der Waals surface area contributed by atoms with Crippen LogP contribution in [0.15, 0.2) is 18.2 Å². The Morgan fingerprint density at radius 3 is 2.22 bits per heavy atom. The number of phenols is 1. The minimum absolute atomic E-state index is 0.120. The standard InChI is InChI=1S/C26H42N4O6/c1-9-11-17(5)28-23(33)21(18-13-10-12-16(4)22(18)32)30(15(2)3)24(34)19(14-20(27)31)29-25(35)36-26(6,7)8/h10,12-13,15,17,19,21,32H,9,11,14H2,1-8H3,(H2,27,31)(H,28,33)(H,29,35). The monoisotopic (exact) mass is 506 g/mol. The number of hydrogen-bond donors (Lipinski definition) is 4. The number of phenolic OH excluding ortho intramolecular Hbond substituents is 1. The molecule has 1 rings (SSSR count). The maximum atomic E-state index is 13.8. The van der Waals surface area contributed by atoms with Gasteiger partial charge < -0.3 is 31.1 Å².